The molecule has 0 radical (unpaired) electrons. The SMILES string of the molecule is OC(CNc1cc(F)cc(F)c1F)Cn1cccn1. The van der Waals surface area contributed by atoms with Crippen molar-refractivity contribution in [2.45, 2.75) is 12.6 Å². The summed E-state index contributed by atoms with van der Waals surface area (Å²) in [7, 11) is 0. The summed E-state index contributed by atoms with van der Waals surface area (Å²) in [5, 5.41) is 16.0. The van der Waals surface area contributed by atoms with Crippen LogP contribution in [0.1, 0.15) is 0 Å². The van der Waals surface area contributed by atoms with Gasteiger partial charge in [0, 0.05) is 31.1 Å². The fourth-order valence-corrected chi connectivity index (χ4v) is 1.60. The molecule has 0 saturated carbocycles. The Kier molecular flexibility index (Phi) is 4.06. The third-order valence-corrected chi connectivity index (χ3v) is 2.48. The van der Waals surface area contributed by atoms with Gasteiger partial charge in [0.15, 0.2) is 11.6 Å². The minimum atomic E-state index is -1.27. The second-order valence-electron chi connectivity index (χ2n) is 4.01. The number of rotatable bonds is 5. The molecule has 0 spiro atoms. The lowest BCUT2D eigenvalue weighted by molar-refractivity contribution is 0.161. The molecule has 0 aliphatic heterocycles. The van der Waals surface area contributed by atoms with Gasteiger partial charge in [0.05, 0.1) is 18.3 Å². The molecule has 1 unspecified atom stereocenters. The Balaban J connectivity index is 1.95. The van der Waals surface area contributed by atoms with Crippen LogP contribution in [0, 0.1) is 17.5 Å². The largest absolute Gasteiger partial charge is 0.389 e. The van der Waals surface area contributed by atoms with E-state index in [9.17, 15) is 18.3 Å². The van der Waals surface area contributed by atoms with Crippen LogP contribution in [-0.2, 0) is 6.54 Å². The molecule has 0 amide bonds. The van der Waals surface area contributed by atoms with E-state index in [-0.39, 0.29) is 18.8 Å². The Labute approximate surface area is 107 Å². The highest BCUT2D eigenvalue weighted by Gasteiger charge is 2.12. The van der Waals surface area contributed by atoms with Gasteiger partial charge in [-0.1, -0.05) is 0 Å². The van der Waals surface area contributed by atoms with Crippen molar-refractivity contribution in [3.05, 3.63) is 48.0 Å². The number of aliphatic hydroxyl groups is 1. The van der Waals surface area contributed by atoms with Crippen LogP contribution in [0.2, 0.25) is 0 Å². The number of nitrogens with zero attached hydrogens (tertiary/aromatic N) is 2. The topological polar surface area (TPSA) is 50.1 Å². The zero-order valence-corrected chi connectivity index (χ0v) is 9.85. The van der Waals surface area contributed by atoms with Crippen LogP contribution in [0.25, 0.3) is 0 Å². The van der Waals surface area contributed by atoms with Crippen LogP contribution in [0.4, 0.5) is 18.9 Å². The maximum absolute atomic E-state index is 13.3. The van der Waals surface area contributed by atoms with E-state index in [1.807, 2.05) is 0 Å². The van der Waals surface area contributed by atoms with Gasteiger partial charge in [0.25, 0.3) is 0 Å². The number of hydrogen-bond acceptors (Lipinski definition) is 3. The molecule has 19 heavy (non-hydrogen) atoms. The minimum absolute atomic E-state index is 0.0559. The first kappa shape index (κ1) is 13.4. The van der Waals surface area contributed by atoms with Gasteiger partial charge < -0.3 is 10.4 Å². The molecule has 1 atom stereocenters. The van der Waals surface area contributed by atoms with E-state index in [0.29, 0.717) is 6.07 Å². The summed E-state index contributed by atoms with van der Waals surface area (Å²) < 4.78 is 40.7. The highest BCUT2D eigenvalue weighted by atomic mass is 19.2. The van der Waals surface area contributed by atoms with Gasteiger partial charge in [-0.2, -0.15) is 5.10 Å². The number of aliphatic hydroxyl groups excluding tert-OH is 1. The van der Waals surface area contributed by atoms with Gasteiger partial charge in [-0.25, -0.2) is 13.2 Å². The minimum Gasteiger partial charge on any atom is -0.389 e. The smallest absolute Gasteiger partial charge is 0.182 e. The quantitative estimate of drug-likeness (QED) is 0.815. The van der Waals surface area contributed by atoms with Gasteiger partial charge in [-0.05, 0) is 6.07 Å². The van der Waals surface area contributed by atoms with Crippen LogP contribution < -0.4 is 5.32 Å². The summed E-state index contributed by atoms with van der Waals surface area (Å²) in [5.41, 5.74) is -0.322. The van der Waals surface area contributed by atoms with E-state index in [0.717, 1.165) is 6.07 Å². The number of nitrogens with one attached hydrogen (secondary N) is 1. The van der Waals surface area contributed by atoms with Crippen molar-refractivity contribution < 1.29 is 18.3 Å². The highest BCUT2D eigenvalue weighted by molar-refractivity contribution is 5.45. The molecule has 7 heteroatoms. The van der Waals surface area contributed by atoms with Crippen molar-refractivity contribution in [3.8, 4) is 0 Å². The lowest BCUT2D eigenvalue weighted by Gasteiger charge is -2.13. The number of hydrogen-bond donors (Lipinski definition) is 2. The zero-order valence-electron chi connectivity index (χ0n) is 9.85. The van der Waals surface area contributed by atoms with Gasteiger partial charge in [0.2, 0.25) is 0 Å². The molecule has 2 aromatic rings. The average molecular weight is 271 g/mol. The van der Waals surface area contributed by atoms with Crippen molar-refractivity contribution in [3.63, 3.8) is 0 Å². The molecular formula is C12H12F3N3O. The lowest BCUT2D eigenvalue weighted by atomic mass is 10.2. The van der Waals surface area contributed by atoms with Crippen molar-refractivity contribution >= 4 is 5.69 Å². The van der Waals surface area contributed by atoms with Crippen LogP contribution in [-0.4, -0.2) is 27.5 Å². The average Bonchev–Trinajstić information content (AvgIpc) is 2.84. The van der Waals surface area contributed by atoms with E-state index in [1.54, 1.807) is 18.5 Å². The number of anilines is 1. The van der Waals surface area contributed by atoms with Crippen LogP contribution in [0.3, 0.4) is 0 Å². The molecule has 102 valence electrons. The number of halogens is 3. The summed E-state index contributed by atoms with van der Waals surface area (Å²) in [4.78, 5) is 0. The van der Waals surface area contributed by atoms with Crippen molar-refractivity contribution in [1.82, 2.24) is 9.78 Å². The molecule has 4 nitrogen and oxygen atoms in total. The predicted molar refractivity (Wildman–Crippen MR) is 63.0 cm³/mol. The van der Waals surface area contributed by atoms with Gasteiger partial charge in [-0.3, -0.25) is 4.68 Å². The summed E-state index contributed by atoms with van der Waals surface area (Å²) in [5.74, 6) is -3.33. The molecule has 0 bridgehead atoms. The standard InChI is InChI=1S/C12H12F3N3O/c13-8-4-10(14)12(15)11(5-8)16-6-9(19)7-18-3-1-2-17-18/h1-5,9,16,19H,6-7H2. The first-order chi connectivity index (χ1) is 9.06. The predicted octanol–water partition coefficient (Wildman–Crippen LogP) is 1.77. The Morgan fingerprint density at radius 2 is 2.11 bits per heavy atom. The third-order valence-electron chi connectivity index (χ3n) is 2.48. The maximum Gasteiger partial charge on any atom is 0.182 e. The Bertz CT molecular complexity index is 545. The molecule has 0 saturated heterocycles. The first-order valence-corrected chi connectivity index (χ1v) is 5.60. The van der Waals surface area contributed by atoms with Crippen molar-refractivity contribution in [2.75, 3.05) is 11.9 Å². The molecule has 1 aromatic heterocycles. The van der Waals surface area contributed by atoms with Gasteiger partial charge in [0.1, 0.15) is 5.82 Å². The molecule has 0 fully saturated rings. The fraction of sp³-hybridized carbons (Fsp3) is 0.250. The number of aromatic nitrogens is 2. The summed E-state index contributed by atoms with van der Waals surface area (Å²) in [6.45, 7) is 0.138. The van der Waals surface area contributed by atoms with E-state index in [1.165, 1.54) is 4.68 Å². The third kappa shape index (κ3) is 3.47. The second-order valence-corrected chi connectivity index (χ2v) is 4.01. The second kappa shape index (κ2) is 5.75. The van der Waals surface area contributed by atoms with E-state index >= 15 is 0 Å². The normalized spacial score (nSPS) is 12.4. The summed E-state index contributed by atoms with van der Waals surface area (Å²) in [6.07, 6.45) is 2.35. The fourth-order valence-electron chi connectivity index (χ4n) is 1.60. The molecule has 0 aliphatic rings. The highest BCUT2D eigenvalue weighted by Crippen LogP contribution is 2.19. The maximum atomic E-state index is 13.3. The van der Waals surface area contributed by atoms with Crippen molar-refractivity contribution in [1.29, 1.82) is 0 Å². The van der Waals surface area contributed by atoms with E-state index in [2.05, 4.69) is 10.4 Å². The monoisotopic (exact) mass is 271 g/mol. The van der Waals surface area contributed by atoms with Crippen LogP contribution in [0.5, 0.6) is 0 Å². The molecule has 2 rings (SSSR count). The zero-order chi connectivity index (χ0) is 13.8. The van der Waals surface area contributed by atoms with Crippen LogP contribution in [0.15, 0.2) is 30.6 Å². The van der Waals surface area contributed by atoms with Crippen LogP contribution >= 0.6 is 0 Å². The molecule has 2 N–H and O–H groups in total. The van der Waals surface area contributed by atoms with Crippen molar-refractivity contribution in [2.24, 2.45) is 0 Å². The Morgan fingerprint density at radius 1 is 1.32 bits per heavy atom. The Hall–Kier alpha value is -2.02. The summed E-state index contributed by atoms with van der Waals surface area (Å²) in [6, 6.07) is 2.99. The molecule has 1 heterocycles. The van der Waals surface area contributed by atoms with E-state index in [4.69, 9.17) is 0 Å². The molecular weight excluding hydrogens is 259 g/mol. The van der Waals surface area contributed by atoms with E-state index < -0.39 is 23.6 Å². The molecule has 1 aromatic carbocycles. The lowest BCUT2D eigenvalue weighted by Crippen LogP contribution is -2.25. The number of benzene rings is 1. The summed E-state index contributed by atoms with van der Waals surface area (Å²) >= 11 is 0. The first-order valence-electron chi connectivity index (χ1n) is 5.60. The van der Waals surface area contributed by atoms with Gasteiger partial charge in [-0.15, -0.1) is 0 Å². The van der Waals surface area contributed by atoms with Gasteiger partial charge >= 0.3 is 0 Å². The Morgan fingerprint density at radius 3 is 2.79 bits per heavy atom. The molecule has 0 aliphatic carbocycles.